The molecule has 1 heterocycles. The van der Waals surface area contributed by atoms with Crippen LogP contribution in [0.5, 0.6) is 0 Å². The van der Waals surface area contributed by atoms with Gasteiger partial charge in [-0.1, -0.05) is 11.3 Å². The van der Waals surface area contributed by atoms with E-state index in [1.165, 1.54) is 23.5 Å². The third-order valence-corrected chi connectivity index (χ3v) is 4.69. The van der Waals surface area contributed by atoms with Gasteiger partial charge in [-0.3, -0.25) is 0 Å². The summed E-state index contributed by atoms with van der Waals surface area (Å²) in [5, 5.41) is 10.8. The highest BCUT2D eigenvalue weighted by Crippen LogP contribution is 2.38. The standard InChI is InChI=1S/C14H15FN2OS/c1-17(10-7-5-9(15)6-8-10)14-16-11-3-2-4-12(18)13(11)19-14/h5-8,12,18H,2-4H2,1H3. The fourth-order valence-electron chi connectivity index (χ4n) is 2.30. The predicted molar refractivity (Wildman–Crippen MR) is 74.5 cm³/mol. The maximum absolute atomic E-state index is 12.9. The van der Waals surface area contributed by atoms with Gasteiger partial charge in [0, 0.05) is 12.7 Å². The summed E-state index contributed by atoms with van der Waals surface area (Å²) < 4.78 is 12.9. The lowest BCUT2D eigenvalue weighted by Crippen LogP contribution is -2.09. The van der Waals surface area contributed by atoms with Crippen molar-refractivity contribution in [2.45, 2.75) is 25.4 Å². The van der Waals surface area contributed by atoms with Gasteiger partial charge in [0.15, 0.2) is 5.13 Å². The van der Waals surface area contributed by atoms with E-state index < -0.39 is 0 Å². The maximum atomic E-state index is 12.9. The number of thiazole rings is 1. The predicted octanol–water partition coefficient (Wildman–Crippen LogP) is 3.42. The largest absolute Gasteiger partial charge is 0.388 e. The van der Waals surface area contributed by atoms with Crippen molar-refractivity contribution < 1.29 is 9.50 Å². The molecule has 1 aromatic carbocycles. The zero-order valence-corrected chi connectivity index (χ0v) is 11.5. The molecule has 0 aliphatic heterocycles. The molecule has 1 unspecified atom stereocenters. The summed E-state index contributed by atoms with van der Waals surface area (Å²) in [4.78, 5) is 7.50. The van der Waals surface area contributed by atoms with Crippen LogP contribution in [0.25, 0.3) is 0 Å². The number of nitrogens with zero attached hydrogens (tertiary/aromatic N) is 2. The van der Waals surface area contributed by atoms with Crippen molar-refractivity contribution in [3.8, 4) is 0 Å². The molecule has 0 saturated heterocycles. The van der Waals surface area contributed by atoms with E-state index >= 15 is 0 Å². The SMILES string of the molecule is CN(c1ccc(F)cc1)c1nc2c(s1)C(O)CCC2. The first-order valence-electron chi connectivity index (χ1n) is 6.32. The Balaban J connectivity index is 1.92. The average Bonchev–Trinajstić information content (AvgIpc) is 2.84. The zero-order chi connectivity index (χ0) is 13.4. The topological polar surface area (TPSA) is 36.4 Å². The Labute approximate surface area is 115 Å². The van der Waals surface area contributed by atoms with Crippen LogP contribution in [-0.2, 0) is 6.42 Å². The summed E-state index contributed by atoms with van der Waals surface area (Å²) in [5.74, 6) is -0.244. The molecule has 0 bridgehead atoms. The fraction of sp³-hybridized carbons (Fsp3) is 0.357. The van der Waals surface area contributed by atoms with Gasteiger partial charge in [0.05, 0.1) is 16.7 Å². The van der Waals surface area contributed by atoms with E-state index in [2.05, 4.69) is 4.98 Å². The highest BCUT2D eigenvalue weighted by molar-refractivity contribution is 7.15. The molecule has 1 atom stereocenters. The molecule has 0 radical (unpaired) electrons. The molecule has 1 N–H and O–H groups in total. The van der Waals surface area contributed by atoms with Gasteiger partial charge >= 0.3 is 0 Å². The Morgan fingerprint density at radius 1 is 1.37 bits per heavy atom. The minimum absolute atomic E-state index is 0.244. The lowest BCUT2D eigenvalue weighted by Gasteiger charge is -2.15. The molecule has 0 saturated carbocycles. The van der Waals surface area contributed by atoms with Crippen molar-refractivity contribution in [1.82, 2.24) is 4.98 Å². The molecule has 3 nitrogen and oxygen atoms in total. The lowest BCUT2D eigenvalue weighted by atomic mass is 10.0. The highest BCUT2D eigenvalue weighted by atomic mass is 32.1. The molecular formula is C14H15FN2OS. The molecule has 2 aromatic rings. The van der Waals surface area contributed by atoms with Gasteiger partial charge in [0.25, 0.3) is 0 Å². The van der Waals surface area contributed by atoms with Gasteiger partial charge in [0.2, 0.25) is 0 Å². The number of halogens is 1. The van der Waals surface area contributed by atoms with Crippen LogP contribution in [0, 0.1) is 5.82 Å². The summed E-state index contributed by atoms with van der Waals surface area (Å²) in [5.41, 5.74) is 1.90. The second kappa shape index (κ2) is 4.90. The van der Waals surface area contributed by atoms with Crippen LogP contribution >= 0.6 is 11.3 Å². The van der Waals surface area contributed by atoms with Crippen LogP contribution in [0.1, 0.15) is 29.5 Å². The molecule has 100 valence electrons. The number of aliphatic hydroxyl groups is 1. The molecule has 5 heteroatoms. The summed E-state index contributed by atoms with van der Waals surface area (Å²) in [7, 11) is 1.91. The van der Waals surface area contributed by atoms with Crippen molar-refractivity contribution in [3.05, 3.63) is 40.7 Å². The lowest BCUT2D eigenvalue weighted by molar-refractivity contribution is 0.160. The van der Waals surface area contributed by atoms with Crippen LogP contribution in [-0.4, -0.2) is 17.1 Å². The average molecular weight is 278 g/mol. The highest BCUT2D eigenvalue weighted by Gasteiger charge is 2.24. The minimum atomic E-state index is -0.378. The summed E-state index contributed by atoms with van der Waals surface area (Å²) >= 11 is 1.52. The van der Waals surface area contributed by atoms with E-state index in [0.717, 1.165) is 40.7 Å². The number of anilines is 2. The smallest absolute Gasteiger partial charge is 0.190 e. The van der Waals surface area contributed by atoms with Crippen molar-refractivity contribution >= 4 is 22.2 Å². The fourth-order valence-corrected chi connectivity index (χ4v) is 3.42. The van der Waals surface area contributed by atoms with Gasteiger partial charge < -0.3 is 10.0 Å². The molecular weight excluding hydrogens is 263 g/mol. The van der Waals surface area contributed by atoms with E-state index in [1.54, 1.807) is 12.1 Å². The number of hydrogen-bond donors (Lipinski definition) is 1. The molecule has 1 aromatic heterocycles. The normalized spacial score (nSPS) is 18.2. The van der Waals surface area contributed by atoms with E-state index in [9.17, 15) is 9.50 Å². The second-order valence-electron chi connectivity index (χ2n) is 4.75. The first-order valence-corrected chi connectivity index (χ1v) is 7.14. The van der Waals surface area contributed by atoms with Crippen molar-refractivity contribution in [2.24, 2.45) is 0 Å². The third kappa shape index (κ3) is 2.35. The number of hydrogen-bond acceptors (Lipinski definition) is 4. The summed E-state index contributed by atoms with van der Waals surface area (Å²) in [6.07, 6.45) is 2.35. The number of benzene rings is 1. The monoisotopic (exact) mass is 278 g/mol. The quantitative estimate of drug-likeness (QED) is 0.914. The Morgan fingerprint density at radius 2 is 2.11 bits per heavy atom. The van der Waals surface area contributed by atoms with E-state index in [0.29, 0.717) is 0 Å². The van der Waals surface area contributed by atoms with E-state index in [4.69, 9.17) is 0 Å². The van der Waals surface area contributed by atoms with Crippen molar-refractivity contribution in [3.63, 3.8) is 0 Å². The molecule has 0 spiro atoms. The molecule has 0 amide bonds. The van der Waals surface area contributed by atoms with Crippen LogP contribution in [0.15, 0.2) is 24.3 Å². The number of aliphatic hydroxyl groups excluding tert-OH is 1. The number of aromatic nitrogens is 1. The van der Waals surface area contributed by atoms with Crippen LogP contribution < -0.4 is 4.90 Å². The molecule has 0 fully saturated rings. The zero-order valence-electron chi connectivity index (χ0n) is 10.6. The first-order chi connectivity index (χ1) is 9.15. The van der Waals surface area contributed by atoms with Crippen molar-refractivity contribution in [1.29, 1.82) is 0 Å². The Bertz CT molecular complexity index is 582. The third-order valence-electron chi connectivity index (χ3n) is 3.41. The van der Waals surface area contributed by atoms with E-state index in [1.807, 2.05) is 11.9 Å². The Hall–Kier alpha value is -1.46. The molecule has 3 rings (SSSR count). The van der Waals surface area contributed by atoms with Gasteiger partial charge in [0.1, 0.15) is 5.82 Å². The van der Waals surface area contributed by atoms with Gasteiger partial charge in [-0.05, 0) is 43.5 Å². The molecule has 19 heavy (non-hydrogen) atoms. The Morgan fingerprint density at radius 3 is 2.79 bits per heavy atom. The summed E-state index contributed by atoms with van der Waals surface area (Å²) in [6, 6.07) is 6.33. The van der Waals surface area contributed by atoms with Gasteiger partial charge in [-0.15, -0.1) is 0 Å². The van der Waals surface area contributed by atoms with Crippen molar-refractivity contribution in [2.75, 3.05) is 11.9 Å². The Kier molecular flexibility index (Phi) is 3.24. The number of rotatable bonds is 2. The summed E-state index contributed by atoms with van der Waals surface area (Å²) in [6.45, 7) is 0. The van der Waals surface area contributed by atoms with Crippen LogP contribution in [0.2, 0.25) is 0 Å². The first kappa shape index (κ1) is 12.6. The van der Waals surface area contributed by atoms with Gasteiger partial charge in [-0.25, -0.2) is 9.37 Å². The maximum Gasteiger partial charge on any atom is 0.190 e. The molecule has 1 aliphatic carbocycles. The van der Waals surface area contributed by atoms with Gasteiger partial charge in [-0.2, -0.15) is 0 Å². The minimum Gasteiger partial charge on any atom is -0.388 e. The molecule has 1 aliphatic rings. The van der Waals surface area contributed by atoms with Crippen LogP contribution in [0.3, 0.4) is 0 Å². The van der Waals surface area contributed by atoms with E-state index in [-0.39, 0.29) is 11.9 Å². The number of fused-ring (bicyclic) bond motifs is 1. The second-order valence-corrected chi connectivity index (χ2v) is 5.76. The van der Waals surface area contributed by atoms with Crippen LogP contribution in [0.4, 0.5) is 15.2 Å². The number of aryl methyl sites for hydroxylation is 1.